The second kappa shape index (κ2) is 3.24. The Balaban J connectivity index is 2.20. The number of nitrogens with zero attached hydrogens (tertiary/aromatic N) is 1. The summed E-state index contributed by atoms with van der Waals surface area (Å²) in [5.74, 6) is 0.122. The van der Waals surface area contributed by atoms with Crippen LogP contribution in [0.1, 0.15) is 19.3 Å². The molecule has 0 spiro atoms. The molecular weight excluding hydrogens is 186 g/mol. The van der Waals surface area contributed by atoms with Crippen LogP contribution in [0.3, 0.4) is 0 Å². The van der Waals surface area contributed by atoms with E-state index in [-0.39, 0.29) is 24.3 Å². The number of amides is 1. The highest BCUT2D eigenvalue weighted by Gasteiger charge is 2.48. The van der Waals surface area contributed by atoms with Gasteiger partial charge in [0.2, 0.25) is 0 Å². The zero-order valence-corrected chi connectivity index (χ0v) is 7.97. The van der Waals surface area contributed by atoms with E-state index in [1.54, 1.807) is 0 Å². The number of methoxy groups -OCH3 is 1. The molecule has 0 aliphatic carbocycles. The quantitative estimate of drug-likeness (QED) is 0.592. The minimum atomic E-state index is -0.578. The maximum absolute atomic E-state index is 11.4. The summed E-state index contributed by atoms with van der Waals surface area (Å²) in [4.78, 5) is 24.1. The number of ketones is 1. The summed E-state index contributed by atoms with van der Waals surface area (Å²) in [6.07, 6.45) is 0.0793. The summed E-state index contributed by atoms with van der Waals surface area (Å²) in [7, 11) is 1.31. The third-order valence-corrected chi connectivity index (χ3v) is 2.99. The summed E-state index contributed by atoms with van der Waals surface area (Å²) >= 11 is 0. The number of carbonyl (C=O) groups is 2. The van der Waals surface area contributed by atoms with Gasteiger partial charge in [0.05, 0.1) is 19.3 Å². The Hall–Kier alpha value is -1.10. The average molecular weight is 199 g/mol. The number of hydrogen-bond donors (Lipinski definition) is 1. The van der Waals surface area contributed by atoms with Crippen LogP contribution < -0.4 is 0 Å². The van der Waals surface area contributed by atoms with Crippen molar-refractivity contribution in [2.75, 3.05) is 7.11 Å². The standard InChI is InChI=1S/C9H13NO4/c1-14-9(13)10-5-2-6(11)4-7(10)8(12)3-5/h5,7-8,12H,2-4H2,1H3/t5-,7+,8-/m0/s1. The van der Waals surface area contributed by atoms with E-state index < -0.39 is 12.2 Å². The molecule has 14 heavy (non-hydrogen) atoms. The number of carbonyl (C=O) groups excluding carboxylic acids is 2. The number of piperidine rings is 1. The van der Waals surface area contributed by atoms with Crippen LogP contribution in [-0.2, 0) is 9.53 Å². The van der Waals surface area contributed by atoms with Crippen LogP contribution in [0.25, 0.3) is 0 Å². The highest BCUT2D eigenvalue weighted by atomic mass is 16.5. The monoisotopic (exact) mass is 199 g/mol. The Morgan fingerprint density at radius 2 is 2.29 bits per heavy atom. The molecule has 2 aliphatic heterocycles. The van der Waals surface area contributed by atoms with Crippen molar-refractivity contribution in [1.29, 1.82) is 0 Å². The molecule has 2 aliphatic rings. The van der Waals surface area contributed by atoms with E-state index in [2.05, 4.69) is 4.74 Å². The first kappa shape index (κ1) is 9.45. The van der Waals surface area contributed by atoms with Crippen molar-refractivity contribution in [3.8, 4) is 0 Å². The molecule has 0 aromatic carbocycles. The number of hydrogen-bond acceptors (Lipinski definition) is 4. The van der Waals surface area contributed by atoms with E-state index in [1.807, 2.05) is 0 Å². The van der Waals surface area contributed by atoms with Crippen LogP contribution in [-0.4, -0.2) is 47.2 Å². The first-order valence-corrected chi connectivity index (χ1v) is 4.69. The van der Waals surface area contributed by atoms with Crippen molar-refractivity contribution >= 4 is 11.9 Å². The summed E-state index contributed by atoms with van der Waals surface area (Å²) in [5, 5.41) is 9.63. The first-order chi connectivity index (χ1) is 6.63. The highest BCUT2D eigenvalue weighted by molar-refractivity contribution is 5.83. The van der Waals surface area contributed by atoms with E-state index in [9.17, 15) is 14.7 Å². The molecule has 0 aromatic heterocycles. The summed E-state index contributed by atoms with van der Waals surface area (Å²) in [6.45, 7) is 0. The molecule has 2 saturated heterocycles. The van der Waals surface area contributed by atoms with E-state index in [0.29, 0.717) is 12.8 Å². The number of fused-ring (bicyclic) bond motifs is 2. The fourth-order valence-electron chi connectivity index (χ4n) is 2.39. The van der Waals surface area contributed by atoms with Gasteiger partial charge < -0.3 is 9.84 Å². The first-order valence-electron chi connectivity index (χ1n) is 4.69. The summed E-state index contributed by atoms with van der Waals surface area (Å²) in [6, 6.07) is -0.530. The molecule has 78 valence electrons. The molecule has 2 bridgehead atoms. The SMILES string of the molecule is COC(=O)N1[C@H]2CC(=O)C[C@@H]1[C@@H](O)C2. The lowest BCUT2D eigenvalue weighted by molar-refractivity contribution is -0.123. The number of rotatable bonds is 0. The zero-order valence-electron chi connectivity index (χ0n) is 7.97. The minimum absolute atomic E-state index is 0.122. The van der Waals surface area contributed by atoms with Crippen molar-refractivity contribution in [1.82, 2.24) is 4.90 Å². The molecule has 2 heterocycles. The lowest BCUT2D eigenvalue weighted by atomic mass is 10.0. The minimum Gasteiger partial charge on any atom is -0.453 e. The van der Waals surface area contributed by atoms with Crippen LogP contribution >= 0.6 is 0 Å². The molecule has 0 radical (unpaired) electrons. The van der Waals surface area contributed by atoms with Gasteiger partial charge in [0.15, 0.2) is 0 Å². The Labute approximate surface area is 81.6 Å². The van der Waals surface area contributed by atoms with Gasteiger partial charge in [-0.2, -0.15) is 0 Å². The van der Waals surface area contributed by atoms with Crippen molar-refractivity contribution < 1.29 is 19.4 Å². The van der Waals surface area contributed by atoms with Gasteiger partial charge in [-0.25, -0.2) is 4.79 Å². The fraction of sp³-hybridized carbons (Fsp3) is 0.778. The smallest absolute Gasteiger partial charge is 0.410 e. The van der Waals surface area contributed by atoms with Crippen molar-refractivity contribution in [3.05, 3.63) is 0 Å². The van der Waals surface area contributed by atoms with Gasteiger partial charge in [0, 0.05) is 18.9 Å². The molecule has 2 rings (SSSR count). The van der Waals surface area contributed by atoms with Gasteiger partial charge in [-0.15, -0.1) is 0 Å². The lowest BCUT2D eigenvalue weighted by Gasteiger charge is -2.32. The van der Waals surface area contributed by atoms with Gasteiger partial charge in [-0.05, 0) is 6.42 Å². The average Bonchev–Trinajstić information content (AvgIpc) is 2.34. The Morgan fingerprint density at radius 1 is 1.57 bits per heavy atom. The second-order valence-electron chi connectivity index (χ2n) is 3.85. The van der Waals surface area contributed by atoms with Crippen molar-refractivity contribution in [2.45, 2.75) is 37.5 Å². The second-order valence-corrected chi connectivity index (χ2v) is 3.85. The number of aliphatic hydroxyl groups excluding tert-OH is 1. The van der Waals surface area contributed by atoms with Gasteiger partial charge >= 0.3 is 6.09 Å². The summed E-state index contributed by atoms with van der Waals surface area (Å²) in [5.41, 5.74) is 0. The van der Waals surface area contributed by atoms with Crippen molar-refractivity contribution in [2.24, 2.45) is 0 Å². The molecule has 3 atom stereocenters. The topological polar surface area (TPSA) is 66.8 Å². The largest absolute Gasteiger partial charge is 0.453 e. The Bertz CT molecular complexity index is 278. The molecule has 2 fully saturated rings. The maximum Gasteiger partial charge on any atom is 0.410 e. The van der Waals surface area contributed by atoms with Crippen LogP contribution in [0.4, 0.5) is 4.79 Å². The molecule has 1 amide bonds. The predicted octanol–water partition coefficient (Wildman–Crippen LogP) is -0.0805. The summed E-state index contributed by atoms with van der Waals surface area (Å²) < 4.78 is 4.62. The molecular formula is C9H13NO4. The van der Waals surface area contributed by atoms with Gasteiger partial charge in [0.1, 0.15) is 5.78 Å². The van der Waals surface area contributed by atoms with Gasteiger partial charge in [-0.1, -0.05) is 0 Å². The van der Waals surface area contributed by atoms with Gasteiger partial charge in [0.25, 0.3) is 0 Å². The highest BCUT2D eigenvalue weighted by Crippen LogP contribution is 2.34. The normalized spacial score (nSPS) is 36.0. The van der Waals surface area contributed by atoms with Crippen molar-refractivity contribution in [3.63, 3.8) is 0 Å². The van der Waals surface area contributed by atoms with Gasteiger partial charge in [-0.3, -0.25) is 9.69 Å². The van der Waals surface area contributed by atoms with E-state index in [4.69, 9.17) is 0 Å². The molecule has 5 heteroatoms. The van der Waals surface area contributed by atoms with E-state index in [1.165, 1.54) is 12.0 Å². The Kier molecular flexibility index (Phi) is 2.19. The Morgan fingerprint density at radius 3 is 2.86 bits per heavy atom. The maximum atomic E-state index is 11.4. The number of Topliss-reactive ketones (excluding diaryl/α,β-unsaturated/α-hetero) is 1. The van der Waals surface area contributed by atoms with E-state index in [0.717, 1.165) is 0 Å². The molecule has 1 N–H and O–H groups in total. The molecule has 0 aromatic rings. The zero-order chi connectivity index (χ0) is 10.3. The molecule has 0 unspecified atom stereocenters. The fourth-order valence-corrected chi connectivity index (χ4v) is 2.39. The lowest BCUT2D eigenvalue weighted by Crippen LogP contribution is -2.48. The van der Waals surface area contributed by atoms with Crippen LogP contribution in [0, 0.1) is 0 Å². The molecule has 0 saturated carbocycles. The number of aliphatic hydroxyl groups is 1. The number of ether oxygens (including phenoxy) is 1. The predicted molar refractivity (Wildman–Crippen MR) is 46.7 cm³/mol. The van der Waals surface area contributed by atoms with Crippen LogP contribution in [0.15, 0.2) is 0 Å². The van der Waals surface area contributed by atoms with E-state index >= 15 is 0 Å². The third kappa shape index (κ3) is 1.28. The third-order valence-electron chi connectivity index (χ3n) is 2.99. The van der Waals surface area contributed by atoms with Crippen LogP contribution in [0.2, 0.25) is 0 Å². The molecule has 5 nitrogen and oxygen atoms in total. The van der Waals surface area contributed by atoms with Crippen LogP contribution in [0.5, 0.6) is 0 Å².